The molecule has 0 saturated heterocycles. The van der Waals surface area contributed by atoms with E-state index in [1.807, 2.05) is 0 Å². The predicted molar refractivity (Wildman–Crippen MR) is 126 cm³/mol. The number of rotatable bonds is 6. The van der Waals surface area contributed by atoms with Gasteiger partial charge in [-0.15, -0.1) is 0 Å². The second-order valence-corrected chi connectivity index (χ2v) is 11.4. The highest BCUT2D eigenvalue weighted by Crippen LogP contribution is 2.67. The Hall–Kier alpha value is -2.22. The van der Waals surface area contributed by atoms with E-state index in [0.29, 0.717) is 24.2 Å². The molecule has 0 spiro atoms. The quantitative estimate of drug-likeness (QED) is 0.508. The number of ketones is 1. The molecule has 4 rings (SSSR count). The molecule has 0 aromatic carbocycles. The van der Waals surface area contributed by atoms with Crippen LogP contribution in [0.5, 0.6) is 0 Å². The van der Waals surface area contributed by atoms with E-state index in [1.165, 1.54) is 12.5 Å². The van der Waals surface area contributed by atoms with Crippen molar-refractivity contribution in [2.24, 2.45) is 33.7 Å². The number of aliphatic hydroxyl groups is 1. The summed E-state index contributed by atoms with van der Waals surface area (Å²) in [7, 11) is 0. The molecule has 0 aromatic heterocycles. The first-order chi connectivity index (χ1) is 15.9. The van der Waals surface area contributed by atoms with E-state index < -0.39 is 23.5 Å². The van der Waals surface area contributed by atoms with E-state index in [0.717, 1.165) is 50.7 Å². The van der Waals surface area contributed by atoms with Gasteiger partial charge in [0.1, 0.15) is 11.6 Å². The number of hydrogen-bond donors (Lipinski definition) is 3. The van der Waals surface area contributed by atoms with Gasteiger partial charge < -0.3 is 20.4 Å². The minimum Gasteiger partial charge on any atom is -0.480 e. The zero-order valence-electron chi connectivity index (χ0n) is 20.7. The topological polar surface area (TPSA) is 125 Å². The lowest BCUT2D eigenvalue weighted by Crippen LogP contribution is -2.57. The molecule has 3 fully saturated rings. The fourth-order valence-corrected chi connectivity index (χ4v) is 7.76. The molecule has 0 unspecified atom stereocenters. The Morgan fingerprint density at radius 2 is 1.85 bits per heavy atom. The van der Waals surface area contributed by atoms with Crippen molar-refractivity contribution in [3.05, 3.63) is 11.6 Å². The monoisotopic (exact) mass is 474 g/mol. The largest absolute Gasteiger partial charge is 0.480 e. The van der Waals surface area contributed by atoms with Crippen LogP contribution >= 0.6 is 0 Å². The summed E-state index contributed by atoms with van der Waals surface area (Å²) in [6, 6.07) is -0.972. The van der Waals surface area contributed by atoms with E-state index in [-0.39, 0.29) is 23.2 Å². The van der Waals surface area contributed by atoms with Gasteiger partial charge in [-0.1, -0.05) is 24.6 Å². The van der Waals surface area contributed by atoms with Gasteiger partial charge in [-0.25, -0.2) is 0 Å². The average Bonchev–Trinajstić information content (AvgIpc) is 3.06. The van der Waals surface area contributed by atoms with Crippen molar-refractivity contribution in [1.29, 1.82) is 0 Å². The van der Waals surface area contributed by atoms with Gasteiger partial charge in [-0.3, -0.25) is 14.4 Å². The lowest BCUT2D eigenvalue weighted by atomic mass is 9.46. The van der Waals surface area contributed by atoms with Crippen molar-refractivity contribution >= 4 is 23.4 Å². The van der Waals surface area contributed by atoms with Gasteiger partial charge in [0.05, 0.1) is 5.71 Å². The highest BCUT2D eigenvalue weighted by atomic mass is 16.6. The molecule has 4 aliphatic rings. The molecule has 4 aliphatic carbocycles. The number of nitrogens with one attached hydrogen (secondary N) is 1. The third kappa shape index (κ3) is 3.88. The number of allylic oxidation sites excluding steroid dienone is 2. The molecule has 1 amide bonds. The Morgan fingerprint density at radius 1 is 1.15 bits per heavy atom. The van der Waals surface area contributed by atoms with Gasteiger partial charge in [0.2, 0.25) is 0 Å². The van der Waals surface area contributed by atoms with Crippen molar-refractivity contribution in [2.45, 2.75) is 90.7 Å². The lowest BCUT2D eigenvalue weighted by Gasteiger charge is -2.59. The minimum atomic E-state index is -1.18. The average molecular weight is 475 g/mol. The number of amides is 1. The molecule has 8 heteroatoms. The Morgan fingerprint density at radius 3 is 2.53 bits per heavy atom. The Kier molecular flexibility index (Phi) is 6.42. The second kappa shape index (κ2) is 8.77. The van der Waals surface area contributed by atoms with Gasteiger partial charge in [0.15, 0.2) is 12.4 Å². The van der Waals surface area contributed by atoms with Crippen LogP contribution in [-0.4, -0.2) is 51.8 Å². The zero-order valence-corrected chi connectivity index (χ0v) is 20.7. The standard InChI is InChI=1S/C26H38N2O6/c1-15(23(31)32)27-22(30)14-34-28-18-7-10-24(3)17(13-18)5-6-19-20(24)8-11-25(4)21(19)9-12-26(25,33)16(2)29/h13,15,19-21,33H,5-12,14H2,1-4H3,(H,27,30)(H,31,32)/t15-,19-,20+,21+,24+,25+,26+/m1/s1. The smallest absolute Gasteiger partial charge is 0.325 e. The highest BCUT2D eigenvalue weighted by molar-refractivity contribution is 5.96. The normalized spacial score (nSPS) is 40.9. The molecule has 3 saturated carbocycles. The summed E-state index contributed by atoms with van der Waals surface area (Å²) in [5.41, 5.74) is 0.768. The van der Waals surface area contributed by atoms with E-state index in [1.54, 1.807) is 6.92 Å². The number of carbonyl (C=O) groups excluding carboxylic acids is 2. The second-order valence-electron chi connectivity index (χ2n) is 11.4. The Bertz CT molecular complexity index is 944. The molecule has 188 valence electrons. The van der Waals surface area contributed by atoms with E-state index >= 15 is 0 Å². The van der Waals surface area contributed by atoms with Crippen LogP contribution in [-0.2, 0) is 19.2 Å². The number of carbonyl (C=O) groups is 3. The minimum absolute atomic E-state index is 0.0779. The number of carboxylic acid groups (broad SMARTS) is 1. The van der Waals surface area contributed by atoms with Gasteiger partial charge in [0, 0.05) is 5.41 Å². The van der Waals surface area contributed by atoms with Gasteiger partial charge in [0.25, 0.3) is 5.91 Å². The summed E-state index contributed by atoms with van der Waals surface area (Å²) in [4.78, 5) is 40.3. The van der Waals surface area contributed by atoms with Crippen molar-refractivity contribution < 1.29 is 29.4 Å². The summed E-state index contributed by atoms with van der Waals surface area (Å²) in [5, 5.41) is 26.7. The van der Waals surface area contributed by atoms with Crippen LogP contribution in [0.25, 0.3) is 0 Å². The maximum Gasteiger partial charge on any atom is 0.325 e. The van der Waals surface area contributed by atoms with Gasteiger partial charge in [-0.05, 0) is 94.5 Å². The number of oxime groups is 1. The van der Waals surface area contributed by atoms with Crippen LogP contribution < -0.4 is 5.32 Å². The van der Waals surface area contributed by atoms with E-state index in [9.17, 15) is 19.5 Å². The number of fused-ring (bicyclic) bond motifs is 5. The number of Topliss-reactive ketones (excluding diaryl/α,β-unsaturated/α-hetero) is 1. The molecule has 34 heavy (non-hydrogen) atoms. The van der Waals surface area contributed by atoms with Crippen LogP contribution in [0.15, 0.2) is 16.8 Å². The predicted octanol–water partition coefficient (Wildman–Crippen LogP) is 3.23. The molecule has 8 nitrogen and oxygen atoms in total. The summed E-state index contributed by atoms with van der Waals surface area (Å²) < 4.78 is 0. The number of nitrogens with zero attached hydrogens (tertiary/aromatic N) is 1. The first-order valence-electron chi connectivity index (χ1n) is 12.6. The van der Waals surface area contributed by atoms with Crippen molar-refractivity contribution in [2.75, 3.05) is 6.61 Å². The van der Waals surface area contributed by atoms with Crippen molar-refractivity contribution in [3.63, 3.8) is 0 Å². The molecule has 3 N–H and O–H groups in total. The SMILES string of the molecule is CC(=O)[C@@]1(O)CC[C@H]2[C@@H]3CCC4=CC(=NOCC(=O)N[C@H](C)C(=O)O)CC[C@]4(C)[C@H]3CC[C@@]21C. The molecule has 0 bridgehead atoms. The van der Waals surface area contributed by atoms with Crippen molar-refractivity contribution in [3.8, 4) is 0 Å². The molecular formula is C26H38N2O6. The van der Waals surface area contributed by atoms with Crippen LogP contribution in [0, 0.1) is 28.6 Å². The lowest BCUT2D eigenvalue weighted by molar-refractivity contribution is -0.159. The maximum atomic E-state index is 12.4. The summed E-state index contributed by atoms with van der Waals surface area (Å²) in [6.45, 7) is 7.14. The molecule has 0 aromatic rings. The van der Waals surface area contributed by atoms with E-state index in [4.69, 9.17) is 9.94 Å². The first-order valence-corrected chi connectivity index (χ1v) is 12.6. The molecule has 7 atom stereocenters. The third-order valence-corrected chi connectivity index (χ3v) is 9.84. The molecule has 0 aliphatic heterocycles. The molecule has 0 radical (unpaired) electrons. The fraction of sp³-hybridized carbons (Fsp3) is 0.769. The number of aliphatic carboxylic acids is 1. The van der Waals surface area contributed by atoms with E-state index in [2.05, 4.69) is 30.4 Å². The van der Waals surface area contributed by atoms with Gasteiger partial charge >= 0.3 is 5.97 Å². The van der Waals surface area contributed by atoms with Crippen LogP contribution in [0.2, 0.25) is 0 Å². The fourth-order valence-electron chi connectivity index (χ4n) is 7.76. The number of hydrogen-bond acceptors (Lipinski definition) is 6. The van der Waals surface area contributed by atoms with Crippen LogP contribution in [0.1, 0.15) is 79.1 Å². The summed E-state index contributed by atoms with van der Waals surface area (Å²) in [5.74, 6) is -0.264. The van der Waals surface area contributed by atoms with Crippen LogP contribution in [0.3, 0.4) is 0 Å². The summed E-state index contributed by atoms with van der Waals surface area (Å²) >= 11 is 0. The highest BCUT2D eigenvalue weighted by Gasteiger charge is 2.65. The molecule has 0 heterocycles. The van der Waals surface area contributed by atoms with Gasteiger partial charge in [-0.2, -0.15) is 0 Å². The third-order valence-electron chi connectivity index (χ3n) is 9.84. The van der Waals surface area contributed by atoms with Crippen molar-refractivity contribution in [1.82, 2.24) is 5.32 Å². The Balaban J connectivity index is 1.44. The summed E-state index contributed by atoms with van der Waals surface area (Å²) in [6.07, 6.45) is 9.29. The Labute approximate surface area is 201 Å². The number of carboxylic acids is 1. The van der Waals surface area contributed by atoms with Crippen LogP contribution in [0.4, 0.5) is 0 Å². The zero-order chi connectivity index (χ0) is 24.9. The first kappa shape index (κ1) is 24.9. The maximum absolute atomic E-state index is 12.4. The molecular weight excluding hydrogens is 436 g/mol.